The van der Waals surface area contributed by atoms with E-state index in [4.69, 9.17) is 0 Å². The first-order chi connectivity index (χ1) is 25.1. The van der Waals surface area contributed by atoms with Gasteiger partial charge in [-0.15, -0.1) is 10.2 Å². The van der Waals surface area contributed by atoms with Gasteiger partial charge in [0.05, 0.1) is 21.2 Å². The van der Waals surface area contributed by atoms with E-state index in [0.717, 1.165) is 48.5 Å². The highest BCUT2D eigenvalue weighted by Gasteiger charge is 2.25. The molecule has 0 aliphatic heterocycles. The summed E-state index contributed by atoms with van der Waals surface area (Å²) in [6, 6.07) is 18.0. The summed E-state index contributed by atoms with van der Waals surface area (Å²) < 4.78 is 135. The molecule has 54 heavy (non-hydrogen) atoms. The Hall–Kier alpha value is -5.72. The van der Waals surface area contributed by atoms with Crippen LogP contribution in [0, 0.1) is 0 Å². The number of aromatic hydroxyl groups is 2. The molecule has 6 N–H and O–H groups in total. The molecule has 0 amide bonds. The van der Waals surface area contributed by atoms with E-state index in [9.17, 15) is 62.1 Å². The van der Waals surface area contributed by atoms with Crippen LogP contribution in [0.1, 0.15) is 0 Å². The first-order valence-corrected chi connectivity index (χ1v) is 20.4. The van der Waals surface area contributed by atoms with Gasteiger partial charge in [-0.05, 0) is 71.4 Å². The van der Waals surface area contributed by atoms with Crippen LogP contribution in [0.2, 0.25) is 0 Å². The number of phenolic OH excluding ortho intramolecular Hbond substituents is 2. The fourth-order valence-corrected chi connectivity index (χ4v) is 7.81. The third-order valence-electron chi connectivity index (χ3n) is 7.79. The summed E-state index contributed by atoms with van der Waals surface area (Å²) in [4.78, 5) is -2.60. The molecule has 0 fully saturated rings. The molecule has 0 bridgehead atoms. The molecule has 0 aromatic heterocycles. The molecule has 0 unspecified atom stereocenters. The number of phenols is 2. The van der Waals surface area contributed by atoms with E-state index in [1.807, 2.05) is 0 Å². The summed E-state index contributed by atoms with van der Waals surface area (Å²) in [5, 5.41) is 37.4. The second-order valence-corrected chi connectivity index (χ2v) is 16.9. The highest BCUT2D eigenvalue weighted by Crippen LogP contribution is 2.41. The molecule has 0 heterocycles. The lowest BCUT2D eigenvalue weighted by Gasteiger charge is -2.12. The van der Waals surface area contributed by atoms with Crippen LogP contribution in [0.15, 0.2) is 137 Å². The lowest BCUT2D eigenvalue weighted by molar-refractivity contribution is 0.476. The summed E-state index contributed by atoms with van der Waals surface area (Å²) in [5.74, 6) is -0.816. The monoisotopic (exact) mass is 814 g/mol. The number of benzene rings is 6. The second-order valence-electron chi connectivity index (χ2n) is 11.3. The summed E-state index contributed by atoms with van der Waals surface area (Å²) in [7, 11) is -19.4. The Morgan fingerprint density at radius 3 is 1.09 bits per heavy atom. The highest BCUT2D eigenvalue weighted by atomic mass is 32.2. The van der Waals surface area contributed by atoms with Gasteiger partial charge in [0.2, 0.25) is 0 Å². The summed E-state index contributed by atoms with van der Waals surface area (Å²) >= 11 is 0. The Labute approximate surface area is 305 Å². The number of azo groups is 2. The molecule has 0 atom stereocenters. The van der Waals surface area contributed by atoms with Crippen LogP contribution in [-0.2, 0) is 40.5 Å². The largest absolute Gasteiger partial charge is 0.506 e. The third kappa shape index (κ3) is 7.80. The molecule has 6 rings (SSSR count). The molecule has 22 heteroatoms. The van der Waals surface area contributed by atoms with Crippen molar-refractivity contribution in [3.05, 3.63) is 97.1 Å². The molecule has 0 saturated heterocycles. The first-order valence-electron chi connectivity index (χ1n) is 14.6. The normalized spacial score (nSPS) is 13.0. The van der Waals surface area contributed by atoms with Crippen LogP contribution in [0.3, 0.4) is 0 Å². The van der Waals surface area contributed by atoms with Gasteiger partial charge >= 0.3 is 0 Å². The predicted octanol–water partition coefficient (Wildman–Crippen LogP) is 6.89. The molecule has 0 aliphatic rings. The number of hydrogen-bond acceptors (Lipinski definition) is 14. The number of hydrogen-bond donors (Lipinski definition) is 6. The Kier molecular flexibility index (Phi) is 9.58. The van der Waals surface area contributed by atoms with Gasteiger partial charge in [-0.2, -0.15) is 43.9 Å². The van der Waals surface area contributed by atoms with E-state index in [-0.39, 0.29) is 44.3 Å². The van der Waals surface area contributed by atoms with E-state index in [1.165, 1.54) is 48.5 Å². The zero-order chi connectivity index (χ0) is 39.4. The van der Waals surface area contributed by atoms with Crippen LogP contribution in [0.25, 0.3) is 32.7 Å². The van der Waals surface area contributed by atoms with Crippen LogP contribution >= 0.6 is 0 Å². The molecule has 6 aromatic carbocycles. The lowest BCUT2D eigenvalue weighted by Crippen LogP contribution is -2.05. The van der Waals surface area contributed by atoms with E-state index in [1.54, 1.807) is 0 Å². The number of rotatable bonds is 9. The molecular weight excluding hydrogens is 793 g/mol. The summed E-state index contributed by atoms with van der Waals surface area (Å²) in [6.45, 7) is 0. The van der Waals surface area contributed by atoms with Crippen LogP contribution < -0.4 is 0 Å². The lowest BCUT2D eigenvalue weighted by atomic mass is 10.0. The van der Waals surface area contributed by atoms with Crippen LogP contribution in [-0.4, -0.2) is 62.1 Å². The molecule has 0 radical (unpaired) electrons. The van der Waals surface area contributed by atoms with Gasteiger partial charge in [-0.25, -0.2) is 0 Å². The Balaban J connectivity index is 1.41. The maximum atomic E-state index is 12.6. The minimum Gasteiger partial charge on any atom is -0.506 e. The quantitative estimate of drug-likeness (QED) is 0.0640. The molecular formula is C32H22N4O14S4. The van der Waals surface area contributed by atoms with Crippen molar-refractivity contribution >= 4 is 84.8 Å². The molecule has 0 spiro atoms. The van der Waals surface area contributed by atoms with Crippen LogP contribution in [0.5, 0.6) is 11.5 Å². The standard InChI is InChI=1S/C32H22N4O14S4/c37-27-11-1-17-13-21(51(39,40)41)5-9-23(17)31(27)35-33-19-3-7-25(29(15-19)53(45,46)47)26-8-4-20(16-30(26)54(48,49)50)34-36-32-24-10-6-22(52(42,43)44)14-18(24)2-12-28(32)38/h1-16,37-38H,(H,39,40,41)(H,42,43,44)(H,45,46,47)(H,48,49,50). The highest BCUT2D eigenvalue weighted by molar-refractivity contribution is 7.86. The molecule has 278 valence electrons. The van der Waals surface area contributed by atoms with Gasteiger partial charge in [0.25, 0.3) is 40.5 Å². The first kappa shape index (κ1) is 38.0. The zero-order valence-corrected chi connectivity index (χ0v) is 29.9. The van der Waals surface area contributed by atoms with Crippen molar-refractivity contribution in [3.63, 3.8) is 0 Å². The average Bonchev–Trinajstić information content (AvgIpc) is 3.08. The van der Waals surface area contributed by atoms with E-state index in [0.29, 0.717) is 0 Å². The molecule has 18 nitrogen and oxygen atoms in total. The summed E-state index contributed by atoms with van der Waals surface area (Å²) in [5.41, 5.74) is -1.64. The molecule has 6 aromatic rings. The van der Waals surface area contributed by atoms with Gasteiger partial charge in [0.15, 0.2) is 0 Å². The van der Waals surface area contributed by atoms with Gasteiger partial charge in [-0.1, -0.05) is 36.4 Å². The topological polar surface area (TPSA) is 307 Å². The zero-order valence-electron chi connectivity index (χ0n) is 26.6. The van der Waals surface area contributed by atoms with E-state index in [2.05, 4.69) is 20.5 Å². The van der Waals surface area contributed by atoms with Gasteiger partial charge in [-0.3, -0.25) is 18.2 Å². The van der Waals surface area contributed by atoms with Crippen molar-refractivity contribution in [2.45, 2.75) is 19.6 Å². The minimum absolute atomic E-state index is 0.176. The van der Waals surface area contributed by atoms with E-state index < -0.39 is 82.7 Å². The number of fused-ring (bicyclic) bond motifs is 2. The van der Waals surface area contributed by atoms with Gasteiger partial charge in [0, 0.05) is 21.9 Å². The third-order valence-corrected chi connectivity index (χ3v) is 11.3. The molecule has 0 saturated carbocycles. The van der Waals surface area contributed by atoms with E-state index >= 15 is 0 Å². The Morgan fingerprint density at radius 2 is 0.759 bits per heavy atom. The Morgan fingerprint density at radius 1 is 0.389 bits per heavy atom. The predicted molar refractivity (Wildman–Crippen MR) is 191 cm³/mol. The summed E-state index contributed by atoms with van der Waals surface area (Å²) in [6.07, 6.45) is 0. The van der Waals surface area contributed by atoms with Crippen molar-refractivity contribution in [3.8, 4) is 22.6 Å². The Bertz CT molecular complexity index is 2870. The maximum Gasteiger partial charge on any atom is 0.295 e. The number of nitrogens with zero attached hydrogens (tertiary/aromatic N) is 4. The van der Waals surface area contributed by atoms with Crippen molar-refractivity contribution < 1.29 is 62.1 Å². The van der Waals surface area contributed by atoms with Gasteiger partial charge in [0.1, 0.15) is 32.7 Å². The van der Waals surface area contributed by atoms with Crippen molar-refractivity contribution in [1.29, 1.82) is 0 Å². The molecule has 0 aliphatic carbocycles. The van der Waals surface area contributed by atoms with Gasteiger partial charge < -0.3 is 10.2 Å². The second kappa shape index (κ2) is 13.6. The minimum atomic E-state index is -5.14. The smallest absolute Gasteiger partial charge is 0.295 e. The van der Waals surface area contributed by atoms with Crippen molar-refractivity contribution in [1.82, 2.24) is 0 Å². The SMILES string of the molecule is O=S(=O)(O)c1ccc2c(N=Nc3ccc(-c4ccc(N=Nc5c(O)ccc6cc(S(=O)(=O)O)ccc56)cc4S(=O)(=O)O)c(S(=O)(=O)O)c3)c(O)ccc2c1. The van der Waals surface area contributed by atoms with Crippen molar-refractivity contribution in [2.24, 2.45) is 20.5 Å². The van der Waals surface area contributed by atoms with Crippen LogP contribution in [0.4, 0.5) is 22.7 Å². The fourth-order valence-electron chi connectivity index (χ4n) is 5.32. The fraction of sp³-hybridized carbons (Fsp3) is 0. The van der Waals surface area contributed by atoms with Crippen molar-refractivity contribution in [2.75, 3.05) is 0 Å². The average molecular weight is 815 g/mol. The maximum absolute atomic E-state index is 12.6.